The van der Waals surface area contributed by atoms with Crippen LogP contribution >= 0.6 is 0 Å². The summed E-state index contributed by atoms with van der Waals surface area (Å²) in [5.41, 5.74) is 1.61. The van der Waals surface area contributed by atoms with Crippen LogP contribution in [-0.4, -0.2) is 30.6 Å². The maximum atomic E-state index is 13.6. The summed E-state index contributed by atoms with van der Waals surface area (Å²) in [5.74, 6) is 2.61. The van der Waals surface area contributed by atoms with E-state index in [4.69, 9.17) is 9.47 Å². The van der Waals surface area contributed by atoms with E-state index in [1.165, 1.54) is 31.8 Å². The van der Waals surface area contributed by atoms with Gasteiger partial charge in [0.15, 0.2) is 5.78 Å². The summed E-state index contributed by atoms with van der Waals surface area (Å²) >= 11 is 0. The number of esters is 1. The lowest BCUT2D eigenvalue weighted by Crippen LogP contribution is -2.53. The van der Waals surface area contributed by atoms with E-state index in [2.05, 4.69) is 34.6 Å². The third-order valence-corrected chi connectivity index (χ3v) is 10.0. The highest BCUT2D eigenvalue weighted by Crippen LogP contribution is 2.66. The molecule has 0 aromatic carbocycles. The zero-order valence-electron chi connectivity index (χ0n) is 21.1. The predicted octanol–water partition coefficient (Wildman–Crippen LogP) is 6.13. The van der Waals surface area contributed by atoms with E-state index < -0.39 is 0 Å². The molecule has 0 bridgehead atoms. The lowest BCUT2D eigenvalue weighted by atomic mass is 9.46. The molecule has 0 heterocycles. The van der Waals surface area contributed by atoms with Crippen molar-refractivity contribution >= 4 is 11.8 Å². The van der Waals surface area contributed by atoms with E-state index in [9.17, 15) is 9.59 Å². The quantitative estimate of drug-likeness (QED) is 0.463. The normalized spacial score (nSPS) is 42.0. The molecule has 32 heavy (non-hydrogen) atoms. The highest BCUT2D eigenvalue weighted by Gasteiger charge is 2.61. The standard InChI is InChI=1S/C28H44O4/c1-17(2)31-14-11-18(3)22-7-8-23-26-24(10-13-28(22,23)6)27(5)12-9-21(32-19(4)29)15-20(27)16-25(26)30/h16-18,21-24,26H,7-15H2,1-6H3/t18-,21+,22-,23+,24+,26+,27+,28-/m1/s1. The van der Waals surface area contributed by atoms with Crippen molar-refractivity contribution in [1.29, 1.82) is 0 Å². The molecule has 3 fully saturated rings. The van der Waals surface area contributed by atoms with Crippen molar-refractivity contribution in [1.82, 2.24) is 0 Å². The van der Waals surface area contributed by atoms with Crippen LogP contribution in [0.3, 0.4) is 0 Å². The predicted molar refractivity (Wildman–Crippen MR) is 126 cm³/mol. The van der Waals surface area contributed by atoms with E-state index in [-0.39, 0.29) is 28.8 Å². The van der Waals surface area contributed by atoms with Crippen molar-refractivity contribution in [2.75, 3.05) is 6.61 Å². The lowest BCUT2D eigenvalue weighted by molar-refractivity contribution is -0.149. The van der Waals surface area contributed by atoms with Crippen LogP contribution in [0.2, 0.25) is 0 Å². The van der Waals surface area contributed by atoms with Crippen molar-refractivity contribution in [3.63, 3.8) is 0 Å². The van der Waals surface area contributed by atoms with Gasteiger partial charge in [0, 0.05) is 25.9 Å². The molecule has 4 heteroatoms. The Kier molecular flexibility index (Phi) is 6.66. The molecular weight excluding hydrogens is 400 g/mol. The zero-order valence-corrected chi connectivity index (χ0v) is 21.1. The number of fused-ring (bicyclic) bond motifs is 5. The Morgan fingerprint density at radius 1 is 1.09 bits per heavy atom. The molecule has 0 saturated heterocycles. The van der Waals surface area contributed by atoms with Gasteiger partial charge in [-0.1, -0.05) is 26.3 Å². The summed E-state index contributed by atoms with van der Waals surface area (Å²) in [4.78, 5) is 25.0. The third-order valence-electron chi connectivity index (χ3n) is 10.0. The number of ether oxygens (including phenoxy) is 2. The molecule has 4 rings (SSSR count). The summed E-state index contributed by atoms with van der Waals surface area (Å²) in [6, 6.07) is 0. The molecule has 8 atom stereocenters. The Bertz CT molecular complexity index is 769. The number of rotatable bonds is 6. The van der Waals surface area contributed by atoms with Crippen LogP contribution in [0.15, 0.2) is 11.6 Å². The van der Waals surface area contributed by atoms with E-state index in [1.807, 2.05) is 6.08 Å². The van der Waals surface area contributed by atoms with Gasteiger partial charge in [0.2, 0.25) is 0 Å². The summed E-state index contributed by atoms with van der Waals surface area (Å²) < 4.78 is 11.4. The maximum Gasteiger partial charge on any atom is 0.302 e. The van der Waals surface area contributed by atoms with Crippen LogP contribution in [0.25, 0.3) is 0 Å². The van der Waals surface area contributed by atoms with E-state index in [1.54, 1.807) is 0 Å². The van der Waals surface area contributed by atoms with Crippen molar-refractivity contribution < 1.29 is 19.1 Å². The Hall–Kier alpha value is -1.16. The molecule has 4 aliphatic carbocycles. The van der Waals surface area contributed by atoms with Gasteiger partial charge in [0.1, 0.15) is 6.10 Å². The molecule has 180 valence electrons. The van der Waals surface area contributed by atoms with Crippen LogP contribution in [0.4, 0.5) is 0 Å². The van der Waals surface area contributed by atoms with Crippen molar-refractivity contribution in [2.45, 2.75) is 105 Å². The average Bonchev–Trinajstić information content (AvgIpc) is 3.05. The first kappa shape index (κ1) is 24.0. The topological polar surface area (TPSA) is 52.6 Å². The van der Waals surface area contributed by atoms with Gasteiger partial charge < -0.3 is 9.47 Å². The number of ketones is 1. The van der Waals surface area contributed by atoms with Crippen molar-refractivity contribution in [2.24, 2.45) is 40.4 Å². The van der Waals surface area contributed by atoms with Gasteiger partial charge in [-0.25, -0.2) is 0 Å². The van der Waals surface area contributed by atoms with Gasteiger partial charge in [-0.3, -0.25) is 9.59 Å². The molecule has 4 aliphatic rings. The second-order valence-electron chi connectivity index (χ2n) is 12.1. The monoisotopic (exact) mass is 444 g/mol. The highest BCUT2D eigenvalue weighted by atomic mass is 16.5. The fourth-order valence-electron chi connectivity index (χ4n) is 8.37. The first-order chi connectivity index (χ1) is 15.1. The van der Waals surface area contributed by atoms with E-state index in [0.29, 0.717) is 35.6 Å². The molecule has 0 spiro atoms. The summed E-state index contributed by atoms with van der Waals surface area (Å²) in [7, 11) is 0. The molecule has 0 amide bonds. The van der Waals surface area contributed by atoms with Crippen LogP contribution < -0.4 is 0 Å². The Balaban J connectivity index is 1.52. The fourth-order valence-corrected chi connectivity index (χ4v) is 8.37. The van der Waals surface area contributed by atoms with Crippen molar-refractivity contribution in [3.05, 3.63) is 11.6 Å². The number of carbonyl (C=O) groups excluding carboxylic acids is 2. The smallest absolute Gasteiger partial charge is 0.302 e. The molecule has 0 N–H and O–H groups in total. The molecule has 3 saturated carbocycles. The molecule has 0 aliphatic heterocycles. The van der Waals surface area contributed by atoms with Gasteiger partial charge in [-0.15, -0.1) is 0 Å². The number of hydrogen-bond donors (Lipinski definition) is 0. The van der Waals surface area contributed by atoms with Gasteiger partial charge >= 0.3 is 5.97 Å². The molecule has 0 aromatic rings. The Morgan fingerprint density at radius 2 is 1.84 bits per heavy atom. The van der Waals surface area contributed by atoms with Crippen LogP contribution in [-0.2, 0) is 19.1 Å². The fraction of sp³-hybridized carbons (Fsp3) is 0.857. The maximum absolute atomic E-state index is 13.6. The summed E-state index contributed by atoms with van der Waals surface area (Å²) in [5, 5.41) is 0. The van der Waals surface area contributed by atoms with Gasteiger partial charge in [-0.2, -0.15) is 0 Å². The van der Waals surface area contributed by atoms with Crippen LogP contribution in [0, 0.1) is 40.4 Å². The minimum absolute atomic E-state index is 0.0604. The van der Waals surface area contributed by atoms with Gasteiger partial charge in [-0.05, 0) is 99.4 Å². The Labute approximate surface area is 194 Å². The van der Waals surface area contributed by atoms with Crippen molar-refractivity contribution in [3.8, 4) is 0 Å². The van der Waals surface area contributed by atoms with Gasteiger partial charge in [0.05, 0.1) is 6.10 Å². The van der Waals surface area contributed by atoms with Crippen LogP contribution in [0.1, 0.15) is 92.9 Å². The largest absolute Gasteiger partial charge is 0.462 e. The second-order valence-corrected chi connectivity index (χ2v) is 12.1. The minimum atomic E-state index is -0.211. The number of hydrogen-bond acceptors (Lipinski definition) is 4. The molecular formula is C28H44O4. The summed E-state index contributed by atoms with van der Waals surface area (Å²) in [6.45, 7) is 13.8. The average molecular weight is 445 g/mol. The Morgan fingerprint density at radius 3 is 2.53 bits per heavy atom. The van der Waals surface area contributed by atoms with Crippen LogP contribution in [0.5, 0.6) is 0 Å². The number of allylic oxidation sites excluding steroid dienone is 1. The lowest BCUT2D eigenvalue weighted by Gasteiger charge is -2.57. The van der Waals surface area contributed by atoms with E-state index in [0.717, 1.165) is 38.7 Å². The van der Waals surface area contributed by atoms with Gasteiger partial charge in [0.25, 0.3) is 0 Å². The highest BCUT2D eigenvalue weighted by molar-refractivity contribution is 5.94. The zero-order chi connectivity index (χ0) is 23.3. The first-order valence-corrected chi connectivity index (χ1v) is 13.1. The minimum Gasteiger partial charge on any atom is -0.462 e. The molecule has 4 nitrogen and oxygen atoms in total. The summed E-state index contributed by atoms with van der Waals surface area (Å²) in [6.07, 6.45) is 10.9. The first-order valence-electron chi connectivity index (χ1n) is 13.1. The SMILES string of the molecule is CC(=O)O[C@H]1CC[C@@]2(C)C(=CC(=O)[C@H]3[C@@H]4CC[C@H]([C@H](C)CCOC(C)C)[C@@]4(C)CC[C@@H]32)C1. The third kappa shape index (κ3) is 4.10. The number of carbonyl (C=O) groups is 2. The second kappa shape index (κ2) is 8.89. The molecule has 0 aromatic heterocycles. The molecule has 0 radical (unpaired) electrons. The van der Waals surface area contributed by atoms with E-state index >= 15 is 0 Å². The molecule has 0 unspecified atom stereocenters.